The molecule has 0 bridgehead atoms. The van der Waals surface area contributed by atoms with Crippen LogP contribution in [0, 0.1) is 17.1 Å². The Kier molecular flexibility index (Phi) is 7.64. The van der Waals surface area contributed by atoms with Gasteiger partial charge in [-0.05, 0) is 31.2 Å². The minimum Gasteiger partial charge on any atom is -0.462 e. The summed E-state index contributed by atoms with van der Waals surface area (Å²) >= 11 is 2.33. The van der Waals surface area contributed by atoms with Gasteiger partial charge in [-0.25, -0.2) is 9.18 Å². The first-order chi connectivity index (χ1) is 13.0. The summed E-state index contributed by atoms with van der Waals surface area (Å²) in [5.74, 6) is -0.951. The van der Waals surface area contributed by atoms with Crippen LogP contribution in [0.15, 0.2) is 29.2 Å². The van der Waals surface area contributed by atoms with Crippen LogP contribution in [0.1, 0.15) is 34.1 Å². The molecule has 0 atom stereocenters. The van der Waals surface area contributed by atoms with Crippen molar-refractivity contribution in [3.8, 4) is 6.07 Å². The third-order valence-corrected chi connectivity index (χ3v) is 5.43. The molecule has 0 fully saturated rings. The Morgan fingerprint density at radius 2 is 2.00 bits per heavy atom. The minimum atomic E-state index is -0.603. The van der Waals surface area contributed by atoms with Gasteiger partial charge in [0.05, 0.1) is 18.6 Å². The molecule has 0 aliphatic rings. The lowest BCUT2D eigenvalue weighted by molar-refractivity contribution is -0.144. The topological polar surface area (TPSA) is 102 Å². The number of thioether (sulfide) groups is 1. The van der Waals surface area contributed by atoms with E-state index in [1.807, 2.05) is 6.07 Å². The second kappa shape index (κ2) is 9.94. The van der Waals surface area contributed by atoms with Crippen molar-refractivity contribution in [1.82, 2.24) is 0 Å². The fourth-order valence-corrected chi connectivity index (χ4v) is 3.86. The molecule has 6 nitrogen and oxygen atoms in total. The number of benzene rings is 1. The lowest BCUT2D eigenvalue weighted by Crippen LogP contribution is -2.10. The van der Waals surface area contributed by atoms with Gasteiger partial charge >= 0.3 is 11.9 Å². The van der Waals surface area contributed by atoms with Crippen LogP contribution < -0.4 is 5.73 Å². The number of nitriles is 1. The van der Waals surface area contributed by atoms with Gasteiger partial charge in [0.2, 0.25) is 0 Å². The molecule has 0 aliphatic carbocycles. The highest BCUT2D eigenvalue weighted by Crippen LogP contribution is 2.32. The van der Waals surface area contributed by atoms with Gasteiger partial charge in [-0.15, -0.1) is 23.1 Å². The Morgan fingerprint density at radius 3 is 2.63 bits per heavy atom. The number of nitrogen functional groups attached to an aromatic ring is 1. The average Bonchev–Trinajstić information content (AvgIpc) is 2.97. The predicted molar refractivity (Wildman–Crippen MR) is 101 cm³/mol. The monoisotopic (exact) mass is 408 g/mol. The molecule has 1 aromatic heterocycles. The van der Waals surface area contributed by atoms with E-state index < -0.39 is 11.9 Å². The van der Waals surface area contributed by atoms with Crippen LogP contribution in [0.5, 0.6) is 0 Å². The molecule has 0 saturated heterocycles. The highest BCUT2D eigenvalue weighted by Gasteiger charge is 2.23. The SMILES string of the molecule is CCOC(=O)c1sc(N)c(C#N)c1COC(=O)CCSc1ccc(F)cc1. The fourth-order valence-electron chi connectivity index (χ4n) is 2.11. The molecule has 2 N–H and O–H groups in total. The molecule has 0 radical (unpaired) electrons. The number of hydrogen-bond acceptors (Lipinski definition) is 8. The number of nitrogens with two attached hydrogens (primary N) is 1. The molecule has 27 heavy (non-hydrogen) atoms. The largest absolute Gasteiger partial charge is 0.462 e. The summed E-state index contributed by atoms with van der Waals surface area (Å²) in [6.07, 6.45) is 0.123. The fraction of sp³-hybridized carbons (Fsp3) is 0.278. The first kappa shape index (κ1) is 20.7. The lowest BCUT2D eigenvalue weighted by atomic mass is 10.1. The van der Waals surface area contributed by atoms with Gasteiger partial charge in [0, 0.05) is 16.2 Å². The Hall–Kier alpha value is -2.57. The molecule has 142 valence electrons. The number of nitrogens with zero attached hydrogens (tertiary/aromatic N) is 1. The molecule has 0 saturated carbocycles. The lowest BCUT2D eigenvalue weighted by Gasteiger charge is -2.07. The molecular formula is C18H17FN2O4S2. The maximum absolute atomic E-state index is 12.9. The third-order valence-electron chi connectivity index (χ3n) is 3.37. The number of carbonyl (C=O) groups excluding carboxylic acids is 2. The van der Waals surface area contributed by atoms with Gasteiger partial charge in [0.25, 0.3) is 0 Å². The molecule has 0 unspecified atom stereocenters. The van der Waals surface area contributed by atoms with E-state index in [1.54, 1.807) is 19.1 Å². The van der Waals surface area contributed by atoms with E-state index in [0.29, 0.717) is 5.75 Å². The van der Waals surface area contributed by atoms with Crippen LogP contribution >= 0.6 is 23.1 Å². The Bertz CT molecular complexity index is 859. The molecule has 0 aliphatic heterocycles. The number of carbonyl (C=O) groups is 2. The van der Waals surface area contributed by atoms with E-state index in [2.05, 4.69) is 0 Å². The average molecular weight is 408 g/mol. The summed E-state index contributed by atoms with van der Waals surface area (Å²) < 4.78 is 23.0. The van der Waals surface area contributed by atoms with E-state index in [9.17, 15) is 19.2 Å². The number of thiophene rings is 1. The van der Waals surface area contributed by atoms with E-state index in [-0.39, 0.29) is 46.5 Å². The Balaban J connectivity index is 1.93. The van der Waals surface area contributed by atoms with E-state index in [4.69, 9.17) is 15.2 Å². The summed E-state index contributed by atoms with van der Waals surface area (Å²) in [6.45, 7) is 1.61. The van der Waals surface area contributed by atoms with Crippen molar-refractivity contribution in [2.24, 2.45) is 0 Å². The van der Waals surface area contributed by atoms with E-state index >= 15 is 0 Å². The highest BCUT2D eigenvalue weighted by molar-refractivity contribution is 7.99. The zero-order chi connectivity index (χ0) is 19.8. The molecule has 1 heterocycles. The van der Waals surface area contributed by atoms with Crippen molar-refractivity contribution < 1.29 is 23.5 Å². The molecule has 2 rings (SSSR count). The molecule has 0 amide bonds. The summed E-state index contributed by atoms with van der Waals surface area (Å²) in [7, 11) is 0. The van der Waals surface area contributed by atoms with Crippen molar-refractivity contribution in [1.29, 1.82) is 5.26 Å². The van der Waals surface area contributed by atoms with E-state index in [1.165, 1.54) is 23.9 Å². The quantitative estimate of drug-likeness (QED) is 0.524. The molecule has 0 spiro atoms. The number of esters is 2. The van der Waals surface area contributed by atoms with Gasteiger partial charge in [-0.2, -0.15) is 5.26 Å². The second-order valence-electron chi connectivity index (χ2n) is 5.19. The molecule has 1 aromatic carbocycles. The number of hydrogen-bond donors (Lipinski definition) is 1. The van der Waals surface area contributed by atoms with Crippen molar-refractivity contribution in [3.05, 3.63) is 46.1 Å². The zero-order valence-corrected chi connectivity index (χ0v) is 16.1. The second-order valence-corrected chi connectivity index (χ2v) is 7.41. The van der Waals surface area contributed by atoms with Gasteiger partial charge in [0.15, 0.2) is 0 Å². The standard InChI is InChI=1S/C18H17FN2O4S2/c1-2-24-18(23)16-14(13(9-20)17(21)27-16)10-25-15(22)7-8-26-12-5-3-11(19)4-6-12/h3-6H,2,7-8,10,21H2,1H3. The first-order valence-electron chi connectivity index (χ1n) is 7.98. The maximum Gasteiger partial charge on any atom is 0.348 e. The Morgan fingerprint density at radius 1 is 1.30 bits per heavy atom. The summed E-state index contributed by atoms with van der Waals surface area (Å²) in [6, 6.07) is 7.88. The third kappa shape index (κ3) is 5.70. The zero-order valence-electron chi connectivity index (χ0n) is 14.5. The van der Waals surface area contributed by atoms with Crippen LogP contribution in [-0.4, -0.2) is 24.3 Å². The van der Waals surface area contributed by atoms with Gasteiger partial charge in [-0.1, -0.05) is 0 Å². The predicted octanol–water partition coefficient (Wildman–Crippen LogP) is 3.74. The normalized spacial score (nSPS) is 10.3. The van der Waals surface area contributed by atoms with Crippen LogP contribution in [-0.2, 0) is 20.9 Å². The van der Waals surface area contributed by atoms with Gasteiger partial charge < -0.3 is 15.2 Å². The molecular weight excluding hydrogens is 391 g/mol. The first-order valence-corrected chi connectivity index (χ1v) is 9.78. The highest BCUT2D eigenvalue weighted by atomic mass is 32.2. The number of anilines is 1. The van der Waals surface area contributed by atoms with Crippen LogP contribution in [0.2, 0.25) is 0 Å². The smallest absolute Gasteiger partial charge is 0.348 e. The Labute approximate surface area is 164 Å². The van der Waals surface area contributed by atoms with Gasteiger partial charge in [-0.3, -0.25) is 4.79 Å². The molecule has 9 heteroatoms. The van der Waals surface area contributed by atoms with Crippen molar-refractivity contribution >= 4 is 40.0 Å². The van der Waals surface area contributed by atoms with Crippen LogP contribution in [0.25, 0.3) is 0 Å². The maximum atomic E-state index is 12.9. The number of rotatable bonds is 8. The van der Waals surface area contributed by atoms with Crippen molar-refractivity contribution in [2.75, 3.05) is 18.1 Å². The molecule has 2 aromatic rings. The van der Waals surface area contributed by atoms with E-state index in [0.717, 1.165) is 16.2 Å². The van der Waals surface area contributed by atoms with Crippen molar-refractivity contribution in [2.45, 2.75) is 24.8 Å². The summed E-state index contributed by atoms with van der Waals surface area (Å²) in [5, 5.41) is 9.41. The minimum absolute atomic E-state index is 0.122. The van der Waals surface area contributed by atoms with Gasteiger partial charge in [0.1, 0.15) is 28.4 Å². The van der Waals surface area contributed by atoms with Crippen molar-refractivity contribution in [3.63, 3.8) is 0 Å². The van der Waals surface area contributed by atoms with Crippen LogP contribution in [0.3, 0.4) is 0 Å². The number of halogens is 1. The summed E-state index contributed by atoms with van der Waals surface area (Å²) in [5.41, 5.74) is 6.15. The summed E-state index contributed by atoms with van der Waals surface area (Å²) in [4.78, 5) is 25.0. The number of ether oxygens (including phenoxy) is 2. The van der Waals surface area contributed by atoms with Crippen LogP contribution in [0.4, 0.5) is 9.39 Å².